The van der Waals surface area contributed by atoms with Gasteiger partial charge in [0.1, 0.15) is 5.69 Å². The highest BCUT2D eigenvalue weighted by Gasteiger charge is 2.35. The number of carbonyl (C=O) groups excluding carboxylic acids is 1. The summed E-state index contributed by atoms with van der Waals surface area (Å²) in [5.41, 5.74) is 3.22. The molecule has 2 fully saturated rings. The minimum Gasteiger partial charge on any atom is -0.378 e. The lowest BCUT2D eigenvalue weighted by Gasteiger charge is -2.35. The standard InChI is InChI=1S/C25H29ClN4O4S/c1-15(23-10-11-34-23)14-29(35(3,32)33)22-13-21-20(12-19(22)16-4-5-16)24(25(31)27-2)30(28-21)18-8-6-17(26)7-9-18/h6-9,12-13,15-16,23H,4-5,10-11,14H2,1-3H3,(H,27,31). The van der Waals surface area contributed by atoms with Gasteiger partial charge in [0.15, 0.2) is 0 Å². The number of anilines is 1. The highest BCUT2D eigenvalue weighted by atomic mass is 35.5. The Balaban J connectivity index is 1.69. The normalized spacial score (nSPS) is 18.8. The predicted octanol–water partition coefficient (Wildman–Crippen LogP) is 4.11. The monoisotopic (exact) mass is 516 g/mol. The van der Waals surface area contributed by atoms with E-state index in [2.05, 4.69) is 5.32 Å². The van der Waals surface area contributed by atoms with E-state index < -0.39 is 10.0 Å². The molecule has 1 amide bonds. The van der Waals surface area contributed by atoms with E-state index >= 15 is 0 Å². The number of hydrogen-bond donors (Lipinski definition) is 1. The van der Waals surface area contributed by atoms with Crippen molar-refractivity contribution >= 4 is 44.1 Å². The number of nitrogens with one attached hydrogen (secondary N) is 1. The molecular formula is C25H29ClN4O4S. The van der Waals surface area contributed by atoms with Gasteiger partial charge in [-0.2, -0.15) is 5.10 Å². The fourth-order valence-electron chi connectivity index (χ4n) is 4.68. The second-order valence-corrected chi connectivity index (χ2v) is 11.8. The van der Waals surface area contributed by atoms with Gasteiger partial charge in [0.2, 0.25) is 10.0 Å². The highest BCUT2D eigenvalue weighted by Crippen LogP contribution is 2.47. The summed E-state index contributed by atoms with van der Waals surface area (Å²) in [7, 11) is -1.98. The molecule has 1 saturated heterocycles. The molecule has 5 rings (SSSR count). The van der Waals surface area contributed by atoms with Gasteiger partial charge in [-0.15, -0.1) is 0 Å². The van der Waals surface area contributed by atoms with Crippen LogP contribution in [0, 0.1) is 5.92 Å². The molecule has 3 aromatic rings. The van der Waals surface area contributed by atoms with E-state index in [0.717, 1.165) is 31.4 Å². The number of sulfonamides is 1. The molecule has 1 aliphatic carbocycles. The molecule has 2 atom stereocenters. The number of amides is 1. The summed E-state index contributed by atoms with van der Waals surface area (Å²) in [6, 6.07) is 10.9. The quantitative estimate of drug-likeness (QED) is 0.486. The third-order valence-electron chi connectivity index (χ3n) is 6.84. The van der Waals surface area contributed by atoms with Crippen molar-refractivity contribution in [1.82, 2.24) is 15.1 Å². The molecule has 8 nitrogen and oxygen atoms in total. The Morgan fingerprint density at radius 3 is 2.49 bits per heavy atom. The third-order valence-corrected chi connectivity index (χ3v) is 8.24. The van der Waals surface area contributed by atoms with Crippen molar-refractivity contribution in [3.63, 3.8) is 0 Å². The highest BCUT2D eigenvalue weighted by molar-refractivity contribution is 7.92. The van der Waals surface area contributed by atoms with Crippen molar-refractivity contribution in [2.75, 3.05) is 30.8 Å². The fourth-order valence-corrected chi connectivity index (χ4v) is 5.82. The third kappa shape index (κ3) is 4.64. The van der Waals surface area contributed by atoms with Gasteiger partial charge in [0.05, 0.1) is 29.3 Å². The number of ether oxygens (including phenoxy) is 1. The van der Waals surface area contributed by atoms with Gasteiger partial charge in [-0.1, -0.05) is 18.5 Å². The molecular weight excluding hydrogens is 488 g/mol. The lowest BCUT2D eigenvalue weighted by atomic mass is 9.97. The summed E-state index contributed by atoms with van der Waals surface area (Å²) in [6.07, 6.45) is 4.21. The number of fused-ring (bicyclic) bond motifs is 1. The molecule has 2 aliphatic rings. The van der Waals surface area contributed by atoms with Crippen LogP contribution in [0.2, 0.25) is 5.02 Å². The van der Waals surface area contributed by atoms with Crippen LogP contribution < -0.4 is 9.62 Å². The summed E-state index contributed by atoms with van der Waals surface area (Å²) in [6.45, 7) is 3.07. The van der Waals surface area contributed by atoms with Gasteiger partial charge in [-0.25, -0.2) is 13.1 Å². The number of rotatable bonds is 8. The lowest BCUT2D eigenvalue weighted by Crippen LogP contribution is -2.42. The molecule has 0 radical (unpaired) electrons. The summed E-state index contributed by atoms with van der Waals surface area (Å²) < 4.78 is 34.7. The molecule has 2 aromatic carbocycles. The maximum atomic E-state index is 13.0. The largest absolute Gasteiger partial charge is 0.378 e. The average molecular weight is 517 g/mol. The van der Waals surface area contributed by atoms with Crippen molar-refractivity contribution in [2.24, 2.45) is 5.92 Å². The molecule has 1 saturated carbocycles. The number of carbonyl (C=O) groups is 1. The van der Waals surface area contributed by atoms with E-state index in [1.165, 1.54) is 10.6 Å². The molecule has 186 valence electrons. The van der Waals surface area contributed by atoms with Crippen LogP contribution in [0.3, 0.4) is 0 Å². The first-order valence-electron chi connectivity index (χ1n) is 11.8. The molecule has 35 heavy (non-hydrogen) atoms. The van der Waals surface area contributed by atoms with Crippen LogP contribution in [-0.4, -0.2) is 56.7 Å². The zero-order valence-electron chi connectivity index (χ0n) is 20.0. The van der Waals surface area contributed by atoms with Gasteiger partial charge in [0.25, 0.3) is 5.91 Å². The first-order valence-corrected chi connectivity index (χ1v) is 14.0. The van der Waals surface area contributed by atoms with Crippen LogP contribution in [-0.2, 0) is 14.8 Å². The van der Waals surface area contributed by atoms with Crippen LogP contribution in [0.1, 0.15) is 48.2 Å². The number of benzene rings is 2. The van der Waals surface area contributed by atoms with Crippen LogP contribution >= 0.6 is 11.6 Å². The summed E-state index contributed by atoms with van der Waals surface area (Å²) in [5, 5.41) is 8.72. The van der Waals surface area contributed by atoms with Crippen molar-refractivity contribution in [1.29, 1.82) is 0 Å². The van der Waals surface area contributed by atoms with Crippen LogP contribution in [0.5, 0.6) is 0 Å². The SMILES string of the molecule is CNC(=O)c1c2cc(C3CC3)c(N(CC(C)C3CCO3)S(C)(=O)=O)cc2nn1-c1ccc(Cl)cc1. The molecule has 1 aromatic heterocycles. The molecule has 0 bridgehead atoms. The van der Waals surface area contributed by atoms with Gasteiger partial charge in [-0.3, -0.25) is 9.10 Å². The Morgan fingerprint density at radius 1 is 1.26 bits per heavy atom. The second-order valence-electron chi connectivity index (χ2n) is 9.49. The smallest absolute Gasteiger partial charge is 0.270 e. The summed E-state index contributed by atoms with van der Waals surface area (Å²) in [5.74, 6) is 0.0345. The van der Waals surface area contributed by atoms with Crippen molar-refractivity contribution < 1.29 is 17.9 Å². The van der Waals surface area contributed by atoms with Crippen LogP contribution in [0.25, 0.3) is 16.6 Å². The zero-order valence-corrected chi connectivity index (χ0v) is 21.6. The molecule has 2 heterocycles. The van der Waals surface area contributed by atoms with Crippen LogP contribution in [0.15, 0.2) is 36.4 Å². The second kappa shape index (κ2) is 9.11. The van der Waals surface area contributed by atoms with E-state index in [9.17, 15) is 13.2 Å². The number of nitrogens with zero attached hydrogens (tertiary/aromatic N) is 3. The average Bonchev–Trinajstić information content (AvgIpc) is 3.55. The maximum Gasteiger partial charge on any atom is 0.270 e. The van der Waals surface area contributed by atoms with E-state index in [-0.39, 0.29) is 23.8 Å². The molecule has 10 heteroatoms. The molecule has 1 aliphatic heterocycles. The van der Waals surface area contributed by atoms with Gasteiger partial charge in [-0.05, 0) is 67.1 Å². The molecule has 0 spiro atoms. The van der Waals surface area contributed by atoms with Crippen molar-refractivity contribution in [3.05, 3.63) is 52.7 Å². The molecule has 2 unspecified atom stereocenters. The van der Waals surface area contributed by atoms with Crippen LogP contribution in [0.4, 0.5) is 5.69 Å². The van der Waals surface area contributed by atoms with Crippen molar-refractivity contribution in [2.45, 2.75) is 38.2 Å². The summed E-state index contributed by atoms with van der Waals surface area (Å²) in [4.78, 5) is 13.0. The fraction of sp³-hybridized carbons (Fsp3) is 0.440. The van der Waals surface area contributed by atoms with E-state index in [1.807, 2.05) is 19.1 Å². The Morgan fingerprint density at radius 2 is 1.94 bits per heavy atom. The minimum atomic E-state index is -3.56. The number of halogens is 1. The molecule has 1 N–H and O–H groups in total. The Kier molecular flexibility index (Phi) is 6.27. The number of hydrogen-bond acceptors (Lipinski definition) is 5. The topological polar surface area (TPSA) is 93.5 Å². The first kappa shape index (κ1) is 24.1. The van der Waals surface area contributed by atoms with E-state index in [1.54, 1.807) is 36.0 Å². The van der Waals surface area contributed by atoms with Gasteiger partial charge >= 0.3 is 0 Å². The maximum absolute atomic E-state index is 13.0. The summed E-state index contributed by atoms with van der Waals surface area (Å²) >= 11 is 6.07. The Bertz CT molecular complexity index is 1380. The van der Waals surface area contributed by atoms with E-state index in [4.69, 9.17) is 21.4 Å². The lowest BCUT2D eigenvalue weighted by molar-refractivity contribution is -0.0780. The number of aromatic nitrogens is 2. The minimum absolute atomic E-state index is 0.0503. The van der Waals surface area contributed by atoms with Crippen molar-refractivity contribution in [3.8, 4) is 5.69 Å². The Hall–Kier alpha value is -2.62. The van der Waals surface area contributed by atoms with Gasteiger partial charge in [0, 0.05) is 36.5 Å². The Labute approximate surface area is 210 Å². The predicted molar refractivity (Wildman–Crippen MR) is 137 cm³/mol. The first-order chi connectivity index (χ1) is 16.7. The van der Waals surface area contributed by atoms with Gasteiger partial charge < -0.3 is 10.1 Å². The van der Waals surface area contributed by atoms with E-state index in [0.29, 0.717) is 39.5 Å². The zero-order chi connectivity index (χ0) is 24.9.